The van der Waals surface area contributed by atoms with Crippen molar-refractivity contribution < 1.29 is 14.7 Å². The van der Waals surface area contributed by atoms with Crippen LogP contribution in [-0.2, 0) is 9.59 Å². The lowest BCUT2D eigenvalue weighted by Gasteiger charge is -2.35. The largest absolute Gasteiger partial charge is 0.480 e. The molecule has 1 fully saturated rings. The number of carboxylic acids is 1. The molecule has 2 rings (SSSR count). The number of benzene rings is 1. The second-order valence-corrected chi connectivity index (χ2v) is 5.30. The SMILES string of the molecule is CSc1ccc(NC(=O)C2(C(=O)O)CCC2)cc1. The molecular weight excluding hydrogens is 250 g/mol. The number of aliphatic carboxylic acids is 1. The Morgan fingerprint density at radius 2 is 1.89 bits per heavy atom. The molecule has 0 unspecified atom stereocenters. The Balaban J connectivity index is 2.08. The predicted octanol–water partition coefficient (Wildman–Crippen LogP) is 2.60. The number of hydrogen-bond acceptors (Lipinski definition) is 3. The molecule has 1 amide bonds. The summed E-state index contributed by atoms with van der Waals surface area (Å²) in [7, 11) is 0. The minimum Gasteiger partial charge on any atom is -0.480 e. The number of carbonyl (C=O) groups excluding carboxylic acids is 1. The van der Waals surface area contributed by atoms with Gasteiger partial charge in [0.15, 0.2) is 0 Å². The number of carbonyl (C=O) groups is 2. The maximum atomic E-state index is 12.0. The van der Waals surface area contributed by atoms with Gasteiger partial charge in [-0.1, -0.05) is 6.42 Å². The second-order valence-electron chi connectivity index (χ2n) is 4.42. The van der Waals surface area contributed by atoms with E-state index in [0.29, 0.717) is 18.5 Å². The first-order valence-electron chi connectivity index (χ1n) is 5.77. The van der Waals surface area contributed by atoms with E-state index in [1.165, 1.54) is 0 Å². The summed E-state index contributed by atoms with van der Waals surface area (Å²) in [5.41, 5.74) is -0.566. The molecule has 2 N–H and O–H groups in total. The van der Waals surface area contributed by atoms with E-state index in [1.54, 1.807) is 23.9 Å². The summed E-state index contributed by atoms with van der Waals surface area (Å²) in [6, 6.07) is 7.37. The number of amides is 1. The van der Waals surface area contributed by atoms with Gasteiger partial charge in [0.25, 0.3) is 0 Å². The van der Waals surface area contributed by atoms with Crippen LogP contribution in [0.4, 0.5) is 5.69 Å². The monoisotopic (exact) mass is 265 g/mol. The molecule has 1 aromatic carbocycles. The number of anilines is 1. The lowest BCUT2D eigenvalue weighted by molar-refractivity contribution is -0.159. The minimum atomic E-state index is -1.21. The summed E-state index contributed by atoms with van der Waals surface area (Å²) in [5, 5.41) is 11.8. The van der Waals surface area contributed by atoms with Gasteiger partial charge in [-0.3, -0.25) is 9.59 Å². The molecule has 1 saturated carbocycles. The van der Waals surface area contributed by atoms with Crippen molar-refractivity contribution in [2.75, 3.05) is 11.6 Å². The van der Waals surface area contributed by atoms with Gasteiger partial charge in [0, 0.05) is 10.6 Å². The Morgan fingerprint density at radius 1 is 1.28 bits per heavy atom. The third-order valence-corrected chi connectivity index (χ3v) is 4.14. The lowest BCUT2D eigenvalue weighted by atomic mass is 9.68. The highest BCUT2D eigenvalue weighted by atomic mass is 32.2. The van der Waals surface area contributed by atoms with Gasteiger partial charge in [-0.05, 0) is 43.4 Å². The highest BCUT2D eigenvalue weighted by Gasteiger charge is 2.51. The van der Waals surface area contributed by atoms with Gasteiger partial charge >= 0.3 is 5.97 Å². The highest BCUT2D eigenvalue weighted by molar-refractivity contribution is 7.98. The minimum absolute atomic E-state index is 0.404. The van der Waals surface area contributed by atoms with E-state index >= 15 is 0 Å². The molecule has 0 bridgehead atoms. The molecule has 5 heteroatoms. The molecule has 0 heterocycles. The maximum Gasteiger partial charge on any atom is 0.319 e. The lowest BCUT2D eigenvalue weighted by Crippen LogP contribution is -2.48. The van der Waals surface area contributed by atoms with Crippen LogP contribution in [0.1, 0.15) is 19.3 Å². The van der Waals surface area contributed by atoms with E-state index < -0.39 is 17.3 Å². The zero-order valence-corrected chi connectivity index (χ0v) is 10.9. The topological polar surface area (TPSA) is 66.4 Å². The number of nitrogens with one attached hydrogen (secondary N) is 1. The average Bonchev–Trinajstić information content (AvgIpc) is 2.28. The van der Waals surface area contributed by atoms with E-state index in [4.69, 9.17) is 5.11 Å². The van der Waals surface area contributed by atoms with E-state index in [2.05, 4.69) is 5.32 Å². The van der Waals surface area contributed by atoms with Crippen molar-refractivity contribution in [1.82, 2.24) is 0 Å². The summed E-state index contributed by atoms with van der Waals surface area (Å²) in [6.45, 7) is 0. The van der Waals surface area contributed by atoms with E-state index in [-0.39, 0.29) is 0 Å². The molecule has 0 spiro atoms. The van der Waals surface area contributed by atoms with Gasteiger partial charge in [-0.25, -0.2) is 0 Å². The summed E-state index contributed by atoms with van der Waals surface area (Å²) in [4.78, 5) is 24.3. The van der Waals surface area contributed by atoms with Gasteiger partial charge in [-0.2, -0.15) is 0 Å². The van der Waals surface area contributed by atoms with Crippen LogP contribution in [-0.4, -0.2) is 23.2 Å². The summed E-state index contributed by atoms with van der Waals surface area (Å²) in [6.07, 6.45) is 3.63. The van der Waals surface area contributed by atoms with Crippen LogP contribution in [0.2, 0.25) is 0 Å². The van der Waals surface area contributed by atoms with Crippen LogP contribution >= 0.6 is 11.8 Å². The first-order chi connectivity index (χ1) is 8.58. The zero-order chi connectivity index (χ0) is 13.2. The van der Waals surface area contributed by atoms with Crippen molar-refractivity contribution in [3.8, 4) is 0 Å². The van der Waals surface area contributed by atoms with Crippen LogP contribution in [0, 0.1) is 5.41 Å². The molecule has 1 aliphatic carbocycles. The zero-order valence-electron chi connectivity index (χ0n) is 10.1. The molecule has 0 aliphatic heterocycles. The smallest absolute Gasteiger partial charge is 0.319 e. The molecule has 0 radical (unpaired) electrons. The summed E-state index contributed by atoms with van der Waals surface area (Å²) < 4.78 is 0. The van der Waals surface area contributed by atoms with Crippen molar-refractivity contribution in [1.29, 1.82) is 0 Å². The second kappa shape index (κ2) is 5.02. The number of thioether (sulfide) groups is 1. The Bertz CT molecular complexity index is 466. The van der Waals surface area contributed by atoms with E-state index in [0.717, 1.165) is 11.3 Å². The fourth-order valence-electron chi connectivity index (χ4n) is 1.99. The van der Waals surface area contributed by atoms with E-state index in [9.17, 15) is 9.59 Å². The summed E-state index contributed by atoms with van der Waals surface area (Å²) in [5.74, 6) is -1.43. The van der Waals surface area contributed by atoms with Crippen LogP contribution in [0.25, 0.3) is 0 Å². The molecular formula is C13H15NO3S. The standard InChI is InChI=1S/C13H15NO3S/c1-18-10-5-3-9(4-6-10)14-11(15)13(12(16)17)7-2-8-13/h3-6H,2,7-8H2,1H3,(H,14,15)(H,16,17). The Morgan fingerprint density at radius 3 is 2.28 bits per heavy atom. The molecule has 0 saturated heterocycles. The molecule has 4 nitrogen and oxygen atoms in total. The molecule has 0 atom stereocenters. The Kier molecular flexibility index (Phi) is 3.61. The van der Waals surface area contributed by atoms with Crippen LogP contribution in [0.3, 0.4) is 0 Å². The molecule has 1 aliphatic rings. The van der Waals surface area contributed by atoms with Gasteiger partial charge in [0.2, 0.25) is 5.91 Å². The predicted molar refractivity (Wildman–Crippen MR) is 70.8 cm³/mol. The Hall–Kier alpha value is -1.49. The van der Waals surface area contributed by atoms with Crippen LogP contribution in [0.5, 0.6) is 0 Å². The molecule has 1 aromatic rings. The quantitative estimate of drug-likeness (QED) is 0.648. The van der Waals surface area contributed by atoms with Crippen molar-refractivity contribution in [3.05, 3.63) is 24.3 Å². The molecule has 18 heavy (non-hydrogen) atoms. The van der Waals surface area contributed by atoms with Gasteiger partial charge in [-0.15, -0.1) is 11.8 Å². The Labute approximate surface area is 110 Å². The van der Waals surface area contributed by atoms with Crippen molar-refractivity contribution in [3.63, 3.8) is 0 Å². The van der Waals surface area contributed by atoms with Crippen molar-refractivity contribution in [2.45, 2.75) is 24.2 Å². The number of hydrogen-bond donors (Lipinski definition) is 2. The van der Waals surface area contributed by atoms with E-state index in [1.807, 2.05) is 18.4 Å². The average molecular weight is 265 g/mol. The van der Waals surface area contributed by atoms with Crippen LogP contribution < -0.4 is 5.32 Å². The fourth-order valence-corrected chi connectivity index (χ4v) is 2.40. The van der Waals surface area contributed by atoms with Crippen molar-refractivity contribution >= 4 is 29.3 Å². The first kappa shape index (κ1) is 13.0. The van der Waals surface area contributed by atoms with Gasteiger partial charge in [0.1, 0.15) is 5.41 Å². The fraction of sp³-hybridized carbons (Fsp3) is 0.385. The van der Waals surface area contributed by atoms with Crippen LogP contribution in [0.15, 0.2) is 29.2 Å². The maximum absolute atomic E-state index is 12.0. The summed E-state index contributed by atoms with van der Waals surface area (Å²) >= 11 is 1.62. The normalized spacial score (nSPS) is 16.7. The number of rotatable bonds is 4. The highest BCUT2D eigenvalue weighted by Crippen LogP contribution is 2.42. The molecule has 0 aromatic heterocycles. The first-order valence-corrected chi connectivity index (χ1v) is 7.00. The molecule has 96 valence electrons. The van der Waals surface area contributed by atoms with Crippen molar-refractivity contribution in [2.24, 2.45) is 5.41 Å². The number of carboxylic acid groups (broad SMARTS) is 1. The third-order valence-electron chi connectivity index (χ3n) is 3.40. The van der Waals surface area contributed by atoms with Gasteiger partial charge < -0.3 is 10.4 Å². The third kappa shape index (κ3) is 2.22. The van der Waals surface area contributed by atoms with Gasteiger partial charge in [0.05, 0.1) is 0 Å².